The van der Waals surface area contributed by atoms with Crippen molar-refractivity contribution < 1.29 is 17.9 Å². The van der Waals surface area contributed by atoms with Gasteiger partial charge in [0, 0.05) is 44.8 Å². The number of ether oxygens (including phenoxy) is 1. The van der Waals surface area contributed by atoms with Crippen LogP contribution in [0.4, 0.5) is 5.13 Å². The number of thiazole rings is 1. The number of benzene rings is 2. The van der Waals surface area contributed by atoms with Crippen LogP contribution in [0.5, 0.6) is 5.75 Å². The number of hydrogen-bond acceptors (Lipinski definition) is 7. The first-order chi connectivity index (χ1) is 18.1. The van der Waals surface area contributed by atoms with Crippen LogP contribution >= 0.6 is 11.3 Å². The van der Waals surface area contributed by atoms with E-state index >= 15 is 0 Å². The summed E-state index contributed by atoms with van der Waals surface area (Å²) < 4.78 is 34.9. The number of nitrogens with zero attached hydrogens (tertiary/aromatic N) is 4. The van der Waals surface area contributed by atoms with Crippen molar-refractivity contribution in [2.24, 2.45) is 11.8 Å². The highest BCUT2D eigenvalue weighted by atomic mass is 32.2. The second-order valence-corrected chi connectivity index (χ2v) is 13.4. The number of anilines is 1. The third kappa shape index (κ3) is 6.30. The van der Waals surface area contributed by atoms with E-state index < -0.39 is 10.0 Å². The molecule has 0 spiro atoms. The van der Waals surface area contributed by atoms with Crippen LogP contribution in [-0.2, 0) is 10.0 Å². The van der Waals surface area contributed by atoms with Gasteiger partial charge < -0.3 is 14.5 Å². The lowest BCUT2D eigenvalue weighted by Gasteiger charge is -2.34. The Morgan fingerprint density at radius 3 is 2.21 bits per heavy atom. The number of carbonyl (C=O) groups is 1. The van der Waals surface area contributed by atoms with Gasteiger partial charge in [0.25, 0.3) is 5.91 Å². The zero-order valence-corrected chi connectivity index (χ0v) is 24.5. The summed E-state index contributed by atoms with van der Waals surface area (Å²) in [5.41, 5.74) is 1.38. The second-order valence-electron chi connectivity index (χ2n) is 10.4. The highest BCUT2D eigenvalue weighted by molar-refractivity contribution is 7.89. The molecule has 0 unspecified atom stereocenters. The van der Waals surface area contributed by atoms with Crippen molar-refractivity contribution >= 4 is 42.6 Å². The number of para-hydroxylation sites is 1. The number of sulfonamides is 1. The average Bonchev–Trinajstić information content (AvgIpc) is 3.33. The summed E-state index contributed by atoms with van der Waals surface area (Å²) in [6.45, 7) is 14.0. The van der Waals surface area contributed by atoms with Crippen LogP contribution in [0, 0.1) is 11.8 Å². The van der Waals surface area contributed by atoms with Crippen molar-refractivity contribution in [2.45, 2.75) is 39.5 Å². The SMILES string of the molecule is CCOc1cccc2sc(N3CCN(C(=O)c4ccc(S(=O)(=O)N(CC(C)C)CC(C)C)cc4)CC3)nc12. The molecule has 1 fully saturated rings. The second kappa shape index (κ2) is 12.0. The molecule has 1 amide bonds. The van der Waals surface area contributed by atoms with Gasteiger partial charge in [-0.1, -0.05) is 45.1 Å². The van der Waals surface area contributed by atoms with Crippen molar-refractivity contribution in [2.75, 3.05) is 50.8 Å². The molecule has 2 heterocycles. The van der Waals surface area contributed by atoms with Gasteiger partial charge in [-0.3, -0.25) is 4.79 Å². The molecule has 4 rings (SSSR count). The number of carbonyl (C=O) groups excluding carboxylic acids is 1. The lowest BCUT2D eigenvalue weighted by Crippen LogP contribution is -2.48. The first-order valence-corrected chi connectivity index (χ1v) is 15.5. The summed E-state index contributed by atoms with van der Waals surface area (Å²) in [7, 11) is -3.63. The lowest BCUT2D eigenvalue weighted by molar-refractivity contribution is 0.0746. The van der Waals surface area contributed by atoms with Crippen molar-refractivity contribution in [3.8, 4) is 5.75 Å². The third-order valence-corrected chi connectivity index (χ3v) is 9.31. The summed E-state index contributed by atoms with van der Waals surface area (Å²) in [6, 6.07) is 12.4. The highest BCUT2D eigenvalue weighted by Gasteiger charge is 2.28. The van der Waals surface area contributed by atoms with Crippen LogP contribution < -0.4 is 9.64 Å². The highest BCUT2D eigenvalue weighted by Crippen LogP contribution is 2.34. The Morgan fingerprint density at radius 2 is 1.63 bits per heavy atom. The van der Waals surface area contributed by atoms with Gasteiger partial charge in [-0.05, 0) is 55.2 Å². The fourth-order valence-corrected chi connectivity index (χ4v) is 7.41. The number of aromatic nitrogens is 1. The Hall–Kier alpha value is -2.69. The normalized spacial score (nSPS) is 14.7. The Balaban J connectivity index is 1.42. The molecule has 3 aromatic rings. The van der Waals surface area contributed by atoms with Gasteiger partial charge in [-0.25, -0.2) is 13.4 Å². The predicted molar refractivity (Wildman–Crippen MR) is 154 cm³/mol. The number of rotatable bonds is 10. The van der Waals surface area contributed by atoms with Crippen LogP contribution in [0.1, 0.15) is 45.0 Å². The van der Waals surface area contributed by atoms with Crippen LogP contribution in [0.3, 0.4) is 0 Å². The van der Waals surface area contributed by atoms with Gasteiger partial charge in [0.2, 0.25) is 10.0 Å². The van der Waals surface area contributed by atoms with E-state index in [1.54, 1.807) is 39.9 Å². The molecule has 0 N–H and O–H groups in total. The van der Waals surface area contributed by atoms with E-state index in [0.29, 0.717) is 51.4 Å². The molecule has 2 aromatic carbocycles. The fraction of sp³-hybridized carbons (Fsp3) is 0.500. The van der Waals surface area contributed by atoms with Crippen LogP contribution in [-0.4, -0.2) is 74.4 Å². The Bertz CT molecular complexity index is 1330. The van der Waals surface area contributed by atoms with Crippen molar-refractivity contribution in [3.63, 3.8) is 0 Å². The fourth-order valence-electron chi connectivity index (χ4n) is 4.61. The van der Waals surface area contributed by atoms with E-state index in [0.717, 1.165) is 21.1 Å². The molecule has 0 aliphatic carbocycles. The van der Waals surface area contributed by atoms with Crippen LogP contribution in [0.25, 0.3) is 10.2 Å². The zero-order chi connectivity index (χ0) is 27.4. The standard InChI is InChI=1S/C28H38N4O4S2/c1-6-36-24-8-7-9-25-26(24)29-28(37-25)31-16-14-30(15-17-31)27(33)22-10-12-23(13-11-22)38(34,35)32(18-20(2)3)19-21(4)5/h7-13,20-21H,6,14-19H2,1-5H3. The minimum atomic E-state index is -3.63. The Morgan fingerprint density at radius 1 is 1.00 bits per heavy atom. The minimum absolute atomic E-state index is 0.0854. The summed E-state index contributed by atoms with van der Waals surface area (Å²) in [4.78, 5) is 22.3. The quantitative estimate of drug-likeness (QED) is 0.350. The zero-order valence-electron chi connectivity index (χ0n) is 22.9. The van der Waals surface area contributed by atoms with E-state index in [9.17, 15) is 13.2 Å². The van der Waals surface area contributed by atoms with Crippen LogP contribution in [0.2, 0.25) is 0 Å². The monoisotopic (exact) mass is 558 g/mol. The van der Waals surface area contributed by atoms with E-state index in [4.69, 9.17) is 9.72 Å². The number of piperazine rings is 1. The number of hydrogen-bond donors (Lipinski definition) is 0. The van der Waals surface area contributed by atoms with E-state index in [1.807, 2.05) is 57.7 Å². The van der Waals surface area contributed by atoms with Crippen molar-refractivity contribution in [1.29, 1.82) is 0 Å². The van der Waals surface area contributed by atoms with E-state index in [2.05, 4.69) is 4.90 Å². The minimum Gasteiger partial charge on any atom is -0.492 e. The van der Waals surface area contributed by atoms with E-state index in [1.165, 1.54) is 0 Å². The van der Waals surface area contributed by atoms with Crippen molar-refractivity contribution in [1.82, 2.24) is 14.2 Å². The first kappa shape index (κ1) is 28.3. The molecule has 10 heteroatoms. The first-order valence-electron chi connectivity index (χ1n) is 13.3. The van der Waals surface area contributed by atoms with Gasteiger partial charge in [-0.2, -0.15) is 4.31 Å². The molecule has 1 saturated heterocycles. The molecule has 8 nitrogen and oxygen atoms in total. The molecule has 0 saturated carbocycles. The van der Waals surface area contributed by atoms with Gasteiger partial charge in [0.15, 0.2) is 5.13 Å². The summed E-state index contributed by atoms with van der Waals surface area (Å²) in [5, 5.41) is 0.932. The molecule has 206 valence electrons. The predicted octanol–water partition coefficient (Wildman–Crippen LogP) is 4.96. The maximum atomic E-state index is 13.3. The lowest BCUT2D eigenvalue weighted by atomic mass is 10.2. The summed E-state index contributed by atoms with van der Waals surface area (Å²) >= 11 is 1.63. The molecular weight excluding hydrogens is 520 g/mol. The van der Waals surface area contributed by atoms with Gasteiger partial charge in [-0.15, -0.1) is 0 Å². The molecule has 0 bridgehead atoms. The molecule has 1 aliphatic heterocycles. The Labute approximate surface area is 230 Å². The molecule has 38 heavy (non-hydrogen) atoms. The molecule has 1 aromatic heterocycles. The van der Waals surface area contributed by atoms with Gasteiger partial charge in [0.1, 0.15) is 11.3 Å². The smallest absolute Gasteiger partial charge is 0.253 e. The number of fused-ring (bicyclic) bond motifs is 1. The topological polar surface area (TPSA) is 83.0 Å². The van der Waals surface area contributed by atoms with Crippen molar-refractivity contribution in [3.05, 3.63) is 48.0 Å². The van der Waals surface area contributed by atoms with E-state index in [-0.39, 0.29) is 22.6 Å². The third-order valence-electron chi connectivity index (χ3n) is 6.38. The maximum absolute atomic E-state index is 13.3. The molecule has 0 radical (unpaired) electrons. The van der Waals surface area contributed by atoms with Gasteiger partial charge >= 0.3 is 0 Å². The Kier molecular flexibility index (Phi) is 8.95. The summed E-state index contributed by atoms with van der Waals surface area (Å²) in [6.07, 6.45) is 0. The maximum Gasteiger partial charge on any atom is 0.253 e. The van der Waals surface area contributed by atoms with Crippen LogP contribution in [0.15, 0.2) is 47.4 Å². The molecule has 1 aliphatic rings. The summed E-state index contributed by atoms with van der Waals surface area (Å²) in [5.74, 6) is 1.15. The largest absolute Gasteiger partial charge is 0.492 e. The van der Waals surface area contributed by atoms with Gasteiger partial charge in [0.05, 0.1) is 16.2 Å². The molecule has 0 atom stereocenters. The molecular formula is C28H38N4O4S2. The number of amides is 1. The average molecular weight is 559 g/mol.